The number of alkyl halides is 3. The maximum absolute atomic E-state index is 13.2. The molecule has 2 aliphatic rings. The van der Waals surface area contributed by atoms with E-state index in [0.717, 1.165) is 25.7 Å². The van der Waals surface area contributed by atoms with Gasteiger partial charge in [-0.05, 0) is 103 Å². The lowest BCUT2D eigenvalue weighted by Gasteiger charge is -2.33. The molecule has 3 aromatic heterocycles. The fourth-order valence-electron chi connectivity index (χ4n) is 6.30. The minimum absolute atomic E-state index is 0.0827. The van der Waals surface area contributed by atoms with Gasteiger partial charge in [0, 0.05) is 30.9 Å². The number of hydrogen-bond donors (Lipinski definition) is 2. The Labute approximate surface area is 312 Å². The molecular formula is C35H45ClF3N7O6S. The third kappa shape index (κ3) is 10.1. The monoisotopic (exact) mass is 783 g/mol. The molecule has 1 unspecified atom stereocenters. The minimum atomic E-state index is -4.40. The second kappa shape index (κ2) is 15.3. The van der Waals surface area contributed by atoms with Gasteiger partial charge in [0.25, 0.3) is 15.9 Å². The molecule has 53 heavy (non-hydrogen) atoms. The van der Waals surface area contributed by atoms with Crippen molar-refractivity contribution in [1.82, 2.24) is 29.4 Å². The van der Waals surface area contributed by atoms with E-state index in [1.54, 1.807) is 6.07 Å². The predicted molar refractivity (Wildman–Crippen MR) is 191 cm³/mol. The largest absolute Gasteiger partial charge is 0.477 e. The highest BCUT2D eigenvalue weighted by molar-refractivity contribution is 7.90. The summed E-state index contributed by atoms with van der Waals surface area (Å²) in [5, 5.41) is 6.59. The zero-order valence-corrected chi connectivity index (χ0v) is 31.9. The van der Waals surface area contributed by atoms with Gasteiger partial charge in [-0.1, -0.05) is 24.1 Å². The van der Waals surface area contributed by atoms with Crippen LogP contribution in [0.15, 0.2) is 47.6 Å². The third-order valence-corrected chi connectivity index (χ3v) is 10.8. The molecule has 2 amide bonds. The van der Waals surface area contributed by atoms with Crippen molar-refractivity contribution in [2.75, 3.05) is 25.0 Å². The number of aromatic nitrogens is 4. The van der Waals surface area contributed by atoms with Crippen LogP contribution in [0, 0.1) is 11.3 Å². The third-order valence-electron chi connectivity index (χ3n) is 9.31. The smallest absolute Gasteiger partial charge is 0.410 e. The van der Waals surface area contributed by atoms with Gasteiger partial charge in [0.15, 0.2) is 10.8 Å². The number of amides is 2. The summed E-state index contributed by atoms with van der Waals surface area (Å²) in [7, 11) is -4.40. The zero-order chi connectivity index (χ0) is 38.8. The molecule has 0 spiro atoms. The maximum atomic E-state index is 13.2. The van der Waals surface area contributed by atoms with Crippen LogP contribution in [0.25, 0.3) is 5.82 Å². The average Bonchev–Trinajstić information content (AvgIpc) is 3.59. The molecule has 1 saturated carbocycles. The van der Waals surface area contributed by atoms with Crippen LogP contribution in [-0.2, 0) is 14.8 Å². The molecule has 1 aliphatic heterocycles. The number of nitrogens with one attached hydrogen (secondary N) is 2. The summed E-state index contributed by atoms with van der Waals surface area (Å²) in [6.45, 7) is 10.6. The molecule has 18 heteroatoms. The van der Waals surface area contributed by atoms with Crippen molar-refractivity contribution in [3.8, 4) is 11.7 Å². The summed E-state index contributed by atoms with van der Waals surface area (Å²) in [5.41, 5.74) is -2.77. The van der Waals surface area contributed by atoms with E-state index in [1.807, 2.05) is 44.2 Å². The van der Waals surface area contributed by atoms with E-state index in [1.165, 1.54) is 41.2 Å². The van der Waals surface area contributed by atoms with Crippen LogP contribution >= 0.6 is 11.6 Å². The van der Waals surface area contributed by atoms with Crippen molar-refractivity contribution in [2.24, 2.45) is 11.3 Å². The molecule has 5 rings (SSSR count). The van der Waals surface area contributed by atoms with Crippen molar-refractivity contribution in [3.05, 3.63) is 53.3 Å². The predicted octanol–water partition coefficient (Wildman–Crippen LogP) is 7.16. The van der Waals surface area contributed by atoms with E-state index in [0.29, 0.717) is 24.8 Å². The highest BCUT2D eigenvalue weighted by Gasteiger charge is 2.62. The first-order valence-electron chi connectivity index (χ1n) is 17.4. The van der Waals surface area contributed by atoms with Crippen molar-refractivity contribution in [3.63, 3.8) is 0 Å². The molecule has 3 aromatic rings. The van der Waals surface area contributed by atoms with Crippen molar-refractivity contribution in [2.45, 2.75) is 102 Å². The van der Waals surface area contributed by atoms with Crippen LogP contribution in [0.1, 0.15) is 89.9 Å². The van der Waals surface area contributed by atoms with Crippen molar-refractivity contribution in [1.29, 1.82) is 0 Å². The summed E-state index contributed by atoms with van der Waals surface area (Å²) in [4.78, 5) is 35.8. The van der Waals surface area contributed by atoms with Gasteiger partial charge >= 0.3 is 12.3 Å². The Morgan fingerprint density at radius 2 is 1.79 bits per heavy atom. The number of likely N-dealkylation sites (tertiary alicyclic amines) is 1. The molecular weight excluding hydrogens is 739 g/mol. The van der Waals surface area contributed by atoms with Crippen LogP contribution in [-0.4, -0.2) is 82.1 Å². The number of ether oxygens (including phenoxy) is 2. The summed E-state index contributed by atoms with van der Waals surface area (Å²) < 4.78 is 79.9. The lowest BCUT2D eigenvalue weighted by atomic mass is 9.93. The van der Waals surface area contributed by atoms with E-state index in [2.05, 4.69) is 20.4 Å². The SMILES string of the molecule is CC(C)(C)OC(=O)N1CC(CCCCNc2cccc(S(=O)(=O)NC(=O)c3ccc(-n4ccc(OCCC5(C(F)(F)F)CC5)n4)nc3Cl)n2)CC1(C)C. The molecule has 0 radical (unpaired) electrons. The second-order valence-corrected chi connectivity index (χ2v) is 17.2. The molecule has 0 bridgehead atoms. The molecule has 4 heterocycles. The summed E-state index contributed by atoms with van der Waals surface area (Å²) >= 11 is 6.25. The molecule has 1 saturated heterocycles. The molecule has 1 aliphatic carbocycles. The number of unbranched alkanes of at least 4 members (excludes halogenated alkanes) is 1. The van der Waals surface area contributed by atoms with Crippen LogP contribution in [0.5, 0.6) is 5.88 Å². The average molecular weight is 784 g/mol. The molecule has 290 valence electrons. The highest BCUT2D eigenvalue weighted by Crippen LogP contribution is 2.59. The van der Waals surface area contributed by atoms with Gasteiger partial charge in [-0.25, -0.2) is 24.2 Å². The molecule has 13 nitrogen and oxygen atoms in total. The van der Waals surface area contributed by atoms with Crippen LogP contribution in [0.3, 0.4) is 0 Å². The van der Waals surface area contributed by atoms with Gasteiger partial charge in [0.2, 0.25) is 5.88 Å². The van der Waals surface area contributed by atoms with Gasteiger partial charge in [0.05, 0.1) is 17.6 Å². The Hall–Kier alpha value is -4.12. The number of sulfonamides is 1. The molecule has 2 N–H and O–H groups in total. The van der Waals surface area contributed by atoms with E-state index in [9.17, 15) is 31.2 Å². The van der Waals surface area contributed by atoms with Crippen LogP contribution < -0.4 is 14.8 Å². The van der Waals surface area contributed by atoms with Gasteiger partial charge in [0.1, 0.15) is 16.6 Å². The van der Waals surface area contributed by atoms with Crippen LogP contribution in [0.4, 0.5) is 23.8 Å². The Bertz CT molecular complexity index is 1910. The summed E-state index contributed by atoms with van der Waals surface area (Å²) in [5.74, 6) is -0.129. The first-order valence-corrected chi connectivity index (χ1v) is 19.3. The zero-order valence-electron chi connectivity index (χ0n) is 30.3. The van der Waals surface area contributed by atoms with Gasteiger partial charge in [-0.15, -0.1) is 5.10 Å². The Kier molecular flexibility index (Phi) is 11.6. The number of hydrogen-bond acceptors (Lipinski definition) is 10. The molecule has 0 aromatic carbocycles. The number of rotatable bonds is 14. The quantitative estimate of drug-likeness (QED) is 0.127. The van der Waals surface area contributed by atoms with Crippen molar-refractivity contribution < 1.29 is 40.7 Å². The maximum Gasteiger partial charge on any atom is 0.410 e. The molecule has 1 atom stereocenters. The number of pyridine rings is 2. The Balaban J connectivity index is 1.09. The van der Waals surface area contributed by atoms with E-state index < -0.39 is 33.1 Å². The second-order valence-electron chi connectivity index (χ2n) is 15.2. The van der Waals surface area contributed by atoms with E-state index in [4.69, 9.17) is 21.1 Å². The standard InChI is InChI=1S/C35H45ClF3N7O6S/c1-32(2,3)52-31(48)45-22-23(21-33(45,4)5)9-6-7-18-40-25-10-8-11-28(41-25)53(49,50)44-30(47)24-12-13-26(42-29(24)36)46-19-14-27(43-46)51-20-17-34(15-16-34)35(37,38)39/h8,10-14,19,23H,6-7,9,15-18,20-22H2,1-5H3,(H,40,41)(H,44,47). The number of anilines is 1. The number of carbonyl (C=O) groups is 2. The first-order chi connectivity index (χ1) is 24.7. The summed E-state index contributed by atoms with van der Waals surface area (Å²) in [6, 6.07) is 8.48. The van der Waals surface area contributed by atoms with Gasteiger partial charge in [-0.2, -0.15) is 21.6 Å². The fourth-order valence-corrected chi connectivity index (χ4v) is 7.47. The Morgan fingerprint density at radius 3 is 2.45 bits per heavy atom. The topological polar surface area (TPSA) is 158 Å². The minimum Gasteiger partial charge on any atom is -0.477 e. The van der Waals surface area contributed by atoms with Crippen molar-refractivity contribution >= 4 is 39.4 Å². The fraction of sp³-hybridized carbons (Fsp3) is 0.571. The lowest BCUT2D eigenvalue weighted by Crippen LogP contribution is -2.45. The van der Waals surface area contributed by atoms with Crippen LogP contribution in [0.2, 0.25) is 5.15 Å². The number of halogens is 4. The summed E-state index contributed by atoms with van der Waals surface area (Å²) in [6.07, 6.45) is 0.349. The number of nitrogens with zero attached hydrogens (tertiary/aromatic N) is 5. The molecule has 2 fully saturated rings. The Morgan fingerprint density at radius 1 is 1.06 bits per heavy atom. The first kappa shape index (κ1) is 40.1. The normalized spacial score (nSPS) is 18.1. The number of carbonyl (C=O) groups excluding carboxylic acids is 2. The highest BCUT2D eigenvalue weighted by atomic mass is 35.5. The van der Waals surface area contributed by atoms with E-state index in [-0.39, 0.29) is 64.9 Å². The van der Waals surface area contributed by atoms with Gasteiger partial charge < -0.3 is 19.7 Å². The lowest BCUT2D eigenvalue weighted by molar-refractivity contribution is -0.190. The van der Waals surface area contributed by atoms with E-state index >= 15 is 0 Å². The van der Waals surface area contributed by atoms with Gasteiger partial charge in [-0.3, -0.25) is 4.79 Å².